The molecule has 2 aliphatic heterocycles. The Balaban J connectivity index is 1.56. The Labute approximate surface area is 140 Å². The second-order valence-electron chi connectivity index (χ2n) is 6.46. The Morgan fingerprint density at radius 2 is 2.30 bits per heavy atom. The predicted molar refractivity (Wildman–Crippen MR) is 90.6 cm³/mol. The monoisotopic (exact) mass is 334 g/mol. The third-order valence-electron chi connectivity index (χ3n) is 4.22. The van der Waals surface area contributed by atoms with Crippen molar-refractivity contribution < 1.29 is 14.3 Å². The van der Waals surface area contributed by atoms with Crippen LogP contribution in [0.3, 0.4) is 0 Å². The largest absolute Gasteiger partial charge is 0.493 e. The molecule has 0 radical (unpaired) electrons. The molecule has 1 saturated heterocycles. The molecule has 2 amide bonds. The molecule has 124 valence electrons. The van der Waals surface area contributed by atoms with Crippen molar-refractivity contribution in [2.45, 2.75) is 44.0 Å². The number of hydrogen-bond donors (Lipinski definition) is 2. The smallest absolute Gasteiger partial charge is 0.243 e. The number of benzene rings is 1. The number of nitrogens with one attached hydrogen (secondary N) is 2. The maximum absolute atomic E-state index is 12.3. The number of aryl methyl sites for hydroxylation is 1. The highest BCUT2D eigenvalue weighted by Gasteiger charge is 2.37. The van der Waals surface area contributed by atoms with Gasteiger partial charge in [-0.15, -0.1) is 11.8 Å². The molecule has 0 aliphatic carbocycles. The Morgan fingerprint density at radius 3 is 3.09 bits per heavy atom. The van der Waals surface area contributed by atoms with Gasteiger partial charge in [0.25, 0.3) is 0 Å². The molecule has 0 aromatic heterocycles. The van der Waals surface area contributed by atoms with Crippen molar-refractivity contribution in [3.8, 4) is 5.75 Å². The van der Waals surface area contributed by atoms with E-state index < -0.39 is 10.8 Å². The second kappa shape index (κ2) is 6.43. The van der Waals surface area contributed by atoms with Crippen LogP contribution in [0.2, 0.25) is 0 Å². The maximum Gasteiger partial charge on any atom is 0.243 e. The molecule has 1 fully saturated rings. The predicted octanol–water partition coefficient (Wildman–Crippen LogP) is 1.64. The molecule has 2 N–H and O–H groups in total. The van der Waals surface area contributed by atoms with Gasteiger partial charge in [-0.05, 0) is 43.9 Å². The van der Waals surface area contributed by atoms with E-state index >= 15 is 0 Å². The summed E-state index contributed by atoms with van der Waals surface area (Å²) in [5, 5.41) is 5.72. The van der Waals surface area contributed by atoms with Crippen molar-refractivity contribution in [1.82, 2.24) is 10.6 Å². The summed E-state index contributed by atoms with van der Waals surface area (Å²) in [7, 11) is 0. The fourth-order valence-electron chi connectivity index (χ4n) is 2.71. The van der Waals surface area contributed by atoms with Crippen LogP contribution in [0.5, 0.6) is 5.75 Å². The summed E-state index contributed by atoms with van der Waals surface area (Å²) in [6.07, 6.45) is 2.05. The van der Waals surface area contributed by atoms with Gasteiger partial charge in [0.2, 0.25) is 11.8 Å². The highest BCUT2D eigenvalue weighted by molar-refractivity contribution is 8.01. The number of carbonyl (C=O) groups is 2. The van der Waals surface area contributed by atoms with Crippen LogP contribution in [0.1, 0.15) is 31.4 Å². The Kier molecular flexibility index (Phi) is 4.53. The molecule has 1 atom stereocenters. The average Bonchev–Trinajstić information content (AvgIpc) is 2.55. The van der Waals surface area contributed by atoms with E-state index in [-0.39, 0.29) is 11.8 Å². The fraction of sp³-hybridized carbons (Fsp3) is 0.529. The van der Waals surface area contributed by atoms with Crippen LogP contribution in [-0.2, 0) is 22.6 Å². The molecule has 2 heterocycles. The van der Waals surface area contributed by atoms with Crippen molar-refractivity contribution in [2.24, 2.45) is 0 Å². The minimum atomic E-state index is -0.463. The van der Waals surface area contributed by atoms with Crippen LogP contribution in [-0.4, -0.2) is 35.0 Å². The summed E-state index contributed by atoms with van der Waals surface area (Å²) in [5.41, 5.74) is 2.25. The lowest BCUT2D eigenvalue weighted by atomic mass is 10.0. The lowest BCUT2D eigenvalue weighted by Gasteiger charge is -2.32. The van der Waals surface area contributed by atoms with Crippen LogP contribution in [0.15, 0.2) is 18.2 Å². The highest BCUT2D eigenvalue weighted by atomic mass is 32.2. The molecule has 0 spiro atoms. The van der Waals surface area contributed by atoms with Gasteiger partial charge in [-0.1, -0.05) is 12.1 Å². The van der Waals surface area contributed by atoms with Crippen molar-refractivity contribution in [1.29, 1.82) is 0 Å². The van der Waals surface area contributed by atoms with Gasteiger partial charge in [0.1, 0.15) is 11.8 Å². The van der Waals surface area contributed by atoms with Crippen LogP contribution >= 0.6 is 11.8 Å². The molecule has 1 aromatic carbocycles. The number of hydrogen-bond acceptors (Lipinski definition) is 4. The third-order valence-corrected chi connectivity index (χ3v) is 5.63. The minimum Gasteiger partial charge on any atom is -0.493 e. The van der Waals surface area contributed by atoms with Gasteiger partial charge in [-0.2, -0.15) is 0 Å². The number of rotatable bonds is 3. The zero-order chi connectivity index (χ0) is 16.4. The summed E-state index contributed by atoms with van der Waals surface area (Å²) in [6, 6.07) is 5.58. The van der Waals surface area contributed by atoms with E-state index in [1.165, 1.54) is 17.3 Å². The van der Waals surface area contributed by atoms with Crippen molar-refractivity contribution >= 4 is 23.6 Å². The SMILES string of the molecule is CC1(C)SC[C@H](C(=O)NCc2ccc3c(c2)CCCO3)NC1=O. The molecule has 0 unspecified atom stereocenters. The normalized spacial score (nSPS) is 22.5. The van der Waals surface area contributed by atoms with Crippen molar-refractivity contribution in [2.75, 3.05) is 12.4 Å². The molecular weight excluding hydrogens is 312 g/mol. The van der Waals surface area contributed by atoms with E-state index in [2.05, 4.69) is 16.7 Å². The first-order chi connectivity index (χ1) is 11.0. The molecule has 3 rings (SSSR count). The first kappa shape index (κ1) is 16.2. The summed E-state index contributed by atoms with van der Waals surface area (Å²) in [4.78, 5) is 24.2. The first-order valence-electron chi connectivity index (χ1n) is 7.93. The van der Waals surface area contributed by atoms with Crippen LogP contribution in [0.4, 0.5) is 0 Å². The van der Waals surface area contributed by atoms with Gasteiger partial charge in [0, 0.05) is 12.3 Å². The summed E-state index contributed by atoms with van der Waals surface area (Å²) in [5.74, 6) is 1.34. The molecule has 23 heavy (non-hydrogen) atoms. The van der Waals surface area contributed by atoms with E-state index in [9.17, 15) is 9.59 Å². The molecule has 0 bridgehead atoms. The van der Waals surface area contributed by atoms with Crippen LogP contribution < -0.4 is 15.4 Å². The van der Waals surface area contributed by atoms with Gasteiger partial charge in [0.05, 0.1) is 11.4 Å². The zero-order valence-corrected chi connectivity index (χ0v) is 14.3. The number of amides is 2. The topological polar surface area (TPSA) is 67.4 Å². The minimum absolute atomic E-state index is 0.0835. The van der Waals surface area contributed by atoms with E-state index in [1.807, 2.05) is 26.0 Å². The highest BCUT2D eigenvalue weighted by Crippen LogP contribution is 2.29. The lowest BCUT2D eigenvalue weighted by molar-refractivity contribution is -0.129. The van der Waals surface area contributed by atoms with Gasteiger partial charge in [-0.3, -0.25) is 9.59 Å². The number of carbonyl (C=O) groups excluding carboxylic acids is 2. The molecule has 1 aromatic rings. The van der Waals surface area contributed by atoms with Gasteiger partial charge < -0.3 is 15.4 Å². The number of ether oxygens (including phenoxy) is 1. The molecule has 2 aliphatic rings. The van der Waals surface area contributed by atoms with Gasteiger partial charge >= 0.3 is 0 Å². The fourth-order valence-corrected chi connectivity index (χ4v) is 3.72. The van der Waals surface area contributed by atoms with Gasteiger partial charge in [0.15, 0.2) is 0 Å². The lowest BCUT2D eigenvalue weighted by Crippen LogP contribution is -2.57. The summed E-state index contributed by atoms with van der Waals surface area (Å²) in [6.45, 7) is 4.98. The zero-order valence-electron chi connectivity index (χ0n) is 13.5. The van der Waals surface area contributed by atoms with Gasteiger partial charge in [-0.25, -0.2) is 0 Å². The van der Waals surface area contributed by atoms with Crippen LogP contribution in [0.25, 0.3) is 0 Å². The van der Waals surface area contributed by atoms with Crippen molar-refractivity contribution in [3.05, 3.63) is 29.3 Å². The number of fused-ring (bicyclic) bond motifs is 1. The standard InChI is InChI=1S/C17H22N2O3S/c1-17(2)16(21)19-13(10-23-17)15(20)18-9-11-5-6-14-12(8-11)4-3-7-22-14/h5-6,8,13H,3-4,7,9-10H2,1-2H3,(H,18,20)(H,19,21)/t13-/m1/s1. The van der Waals surface area contributed by atoms with E-state index in [0.717, 1.165) is 30.8 Å². The van der Waals surface area contributed by atoms with Crippen LogP contribution in [0, 0.1) is 0 Å². The number of thioether (sulfide) groups is 1. The van der Waals surface area contributed by atoms with E-state index in [0.29, 0.717) is 12.3 Å². The second-order valence-corrected chi connectivity index (χ2v) is 8.10. The third kappa shape index (κ3) is 3.63. The summed E-state index contributed by atoms with van der Waals surface area (Å²) < 4.78 is 5.13. The molecular formula is C17H22N2O3S. The molecule has 6 heteroatoms. The Morgan fingerprint density at radius 1 is 1.48 bits per heavy atom. The Hall–Kier alpha value is -1.69. The summed E-state index contributed by atoms with van der Waals surface area (Å²) >= 11 is 1.52. The molecule has 0 saturated carbocycles. The van der Waals surface area contributed by atoms with E-state index in [1.54, 1.807) is 0 Å². The first-order valence-corrected chi connectivity index (χ1v) is 8.91. The van der Waals surface area contributed by atoms with E-state index in [4.69, 9.17) is 4.74 Å². The maximum atomic E-state index is 12.3. The van der Waals surface area contributed by atoms with Crippen molar-refractivity contribution in [3.63, 3.8) is 0 Å². The Bertz CT molecular complexity index is 630. The average molecular weight is 334 g/mol. The molecule has 5 nitrogen and oxygen atoms in total. The quantitative estimate of drug-likeness (QED) is 0.882.